The van der Waals surface area contributed by atoms with E-state index in [1.807, 2.05) is 12.1 Å². The SMILES string of the molecule is N#Cc1c(N)nc2c(c1-c1ccco1)C1CCC2C1.O=C(O)C(F)(F)F. The van der Waals surface area contributed by atoms with Crippen LogP contribution in [0.4, 0.5) is 19.0 Å². The highest BCUT2D eigenvalue weighted by Gasteiger charge is 2.42. The summed E-state index contributed by atoms with van der Waals surface area (Å²) in [5, 5.41) is 16.5. The number of hydrogen-bond acceptors (Lipinski definition) is 5. The fourth-order valence-corrected chi connectivity index (χ4v) is 3.64. The molecule has 26 heavy (non-hydrogen) atoms. The molecule has 0 amide bonds. The number of carbonyl (C=O) groups is 1. The molecule has 2 heterocycles. The summed E-state index contributed by atoms with van der Waals surface area (Å²) in [6, 6.07) is 5.92. The topological polar surface area (TPSA) is 113 Å². The van der Waals surface area contributed by atoms with Crippen LogP contribution in [0, 0.1) is 11.3 Å². The number of aliphatic carboxylic acids is 1. The van der Waals surface area contributed by atoms with Crippen LogP contribution in [0.5, 0.6) is 0 Å². The highest BCUT2D eigenvalue weighted by atomic mass is 19.4. The van der Waals surface area contributed by atoms with Gasteiger partial charge >= 0.3 is 12.1 Å². The largest absolute Gasteiger partial charge is 0.490 e. The molecule has 2 aliphatic carbocycles. The molecule has 136 valence electrons. The Kier molecular flexibility index (Phi) is 4.36. The van der Waals surface area contributed by atoms with E-state index in [0.29, 0.717) is 23.2 Å². The first-order valence-corrected chi connectivity index (χ1v) is 7.81. The fourth-order valence-electron chi connectivity index (χ4n) is 3.64. The molecule has 2 bridgehead atoms. The Balaban J connectivity index is 0.000000242. The van der Waals surface area contributed by atoms with Gasteiger partial charge in [-0.15, -0.1) is 0 Å². The predicted octanol–water partition coefficient (Wildman–Crippen LogP) is 3.79. The molecule has 9 heteroatoms. The zero-order valence-electron chi connectivity index (χ0n) is 13.4. The molecule has 1 saturated carbocycles. The lowest BCUT2D eigenvalue weighted by atomic mass is 9.88. The second-order valence-electron chi connectivity index (χ2n) is 6.14. The molecule has 2 atom stereocenters. The standard InChI is InChI=1S/C15H13N3O.C2HF3O2/c16-7-10-13(11-2-1-5-19-11)12-8-3-4-9(6-8)14(12)18-15(10)17;3-2(4,5)1(6)7/h1-2,5,8-9H,3-4,6H2,(H2,17,18);(H,6,7). The zero-order valence-corrected chi connectivity index (χ0v) is 13.4. The summed E-state index contributed by atoms with van der Waals surface area (Å²) in [6.45, 7) is 0. The predicted molar refractivity (Wildman–Crippen MR) is 84.1 cm³/mol. The van der Waals surface area contributed by atoms with Gasteiger partial charge in [-0.3, -0.25) is 0 Å². The number of furan rings is 1. The van der Waals surface area contributed by atoms with Gasteiger partial charge in [0.25, 0.3) is 0 Å². The Morgan fingerprint density at radius 3 is 2.58 bits per heavy atom. The van der Waals surface area contributed by atoms with E-state index in [9.17, 15) is 18.4 Å². The van der Waals surface area contributed by atoms with Crippen molar-refractivity contribution in [3.63, 3.8) is 0 Å². The lowest BCUT2D eigenvalue weighted by Crippen LogP contribution is -2.21. The summed E-state index contributed by atoms with van der Waals surface area (Å²) in [5.41, 5.74) is 9.61. The van der Waals surface area contributed by atoms with Crippen LogP contribution in [-0.4, -0.2) is 22.2 Å². The molecule has 2 aromatic heterocycles. The van der Waals surface area contributed by atoms with Crippen molar-refractivity contribution in [2.45, 2.75) is 37.3 Å². The third-order valence-electron chi connectivity index (χ3n) is 4.64. The minimum absolute atomic E-state index is 0.334. The number of nitrogens with two attached hydrogens (primary N) is 1. The third-order valence-corrected chi connectivity index (χ3v) is 4.64. The number of carboxylic acid groups (broad SMARTS) is 1. The second kappa shape index (κ2) is 6.37. The molecule has 0 aliphatic heterocycles. The van der Waals surface area contributed by atoms with Gasteiger partial charge in [-0.2, -0.15) is 18.4 Å². The van der Waals surface area contributed by atoms with Crippen molar-refractivity contribution in [2.24, 2.45) is 0 Å². The molecule has 4 rings (SSSR count). The summed E-state index contributed by atoms with van der Waals surface area (Å²) in [6.07, 6.45) is 0.0620. The van der Waals surface area contributed by atoms with Crippen molar-refractivity contribution in [3.8, 4) is 17.4 Å². The van der Waals surface area contributed by atoms with Gasteiger partial charge in [0.1, 0.15) is 23.2 Å². The van der Waals surface area contributed by atoms with Crippen molar-refractivity contribution in [1.29, 1.82) is 5.26 Å². The number of fused-ring (bicyclic) bond motifs is 5. The van der Waals surface area contributed by atoms with E-state index >= 15 is 0 Å². The number of halogens is 3. The van der Waals surface area contributed by atoms with Gasteiger partial charge in [0, 0.05) is 11.5 Å². The van der Waals surface area contributed by atoms with E-state index in [-0.39, 0.29) is 0 Å². The first-order chi connectivity index (χ1) is 12.2. The Morgan fingerprint density at radius 2 is 2.04 bits per heavy atom. The van der Waals surface area contributed by atoms with E-state index in [1.54, 1.807) is 6.26 Å². The van der Waals surface area contributed by atoms with E-state index in [0.717, 1.165) is 23.4 Å². The number of nitrogens with zero attached hydrogens (tertiary/aromatic N) is 2. The average Bonchev–Trinajstić information content (AvgIpc) is 3.30. The van der Waals surface area contributed by atoms with Gasteiger partial charge in [0.2, 0.25) is 0 Å². The van der Waals surface area contributed by atoms with Crippen LogP contribution < -0.4 is 5.73 Å². The van der Waals surface area contributed by atoms with E-state index in [1.165, 1.54) is 18.4 Å². The molecular formula is C17H14F3N3O3. The van der Waals surface area contributed by atoms with Crippen LogP contribution in [0.25, 0.3) is 11.3 Å². The Morgan fingerprint density at radius 1 is 1.38 bits per heavy atom. The summed E-state index contributed by atoms with van der Waals surface area (Å²) >= 11 is 0. The van der Waals surface area contributed by atoms with Crippen LogP contribution in [0.15, 0.2) is 22.8 Å². The van der Waals surface area contributed by atoms with Gasteiger partial charge in [0.05, 0.1) is 12.0 Å². The number of rotatable bonds is 1. The first-order valence-electron chi connectivity index (χ1n) is 7.81. The Labute approximate surface area is 146 Å². The maximum atomic E-state index is 10.6. The van der Waals surface area contributed by atoms with Gasteiger partial charge < -0.3 is 15.3 Å². The van der Waals surface area contributed by atoms with Gasteiger partial charge in [-0.25, -0.2) is 9.78 Å². The summed E-state index contributed by atoms with van der Waals surface area (Å²) in [5.74, 6) is -0.661. The highest BCUT2D eigenvalue weighted by molar-refractivity contribution is 5.78. The number of carboxylic acids is 1. The molecule has 0 aromatic carbocycles. The molecular weight excluding hydrogens is 351 g/mol. The van der Waals surface area contributed by atoms with Gasteiger partial charge in [-0.05, 0) is 42.9 Å². The molecule has 2 aromatic rings. The van der Waals surface area contributed by atoms with Crippen molar-refractivity contribution >= 4 is 11.8 Å². The molecule has 6 nitrogen and oxygen atoms in total. The number of aromatic nitrogens is 1. The van der Waals surface area contributed by atoms with E-state index < -0.39 is 12.1 Å². The van der Waals surface area contributed by atoms with E-state index in [4.69, 9.17) is 20.1 Å². The number of hydrogen-bond donors (Lipinski definition) is 2. The minimum Gasteiger partial charge on any atom is -0.475 e. The smallest absolute Gasteiger partial charge is 0.475 e. The number of nitrogen functional groups attached to an aromatic ring is 1. The quantitative estimate of drug-likeness (QED) is 0.795. The number of pyridine rings is 1. The molecule has 1 fully saturated rings. The Hall–Kier alpha value is -3.02. The Bertz CT molecular complexity index is 885. The molecule has 0 radical (unpaired) electrons. The van der Waals surface area contributed by atoms with Crippen molar-refractivity contribution in [2.75, 3.05) is 5.73 Å². The summed E-state index contributed by atoms with van der Waals surface area (Å²) in [4.78, 5) is 13.4. The molecule has 0 spiro atoms. The maximum absolute atomic E-state index is 10.6. The van der Waals surface area contributed by atoms with Crippen molar-refractivity contribution in [3.05, 3.63) is 35.2 Å². The number of anilines is 1. The van der Waals surface area contributed by atoms with Crippen LogP contribution in [0.2, 0.25) is 0 Å². The van der Waals surface area contributed by atoms with E-state index in [2.05, 4.69) is 11.1 Å². The van der Waals surface area contributed by atoms with Crippen molar-refractivity contribution < 1.29 is 27.5 Å². The lowest BCUT2D eigenvalue weighted by Gasteiger charge is -2.19. The van der Waals surface area contributed by atoms with Crippen LogP contribution >= 0.6 is 0 Å². The summed E-state index contributed by atoms with van der Waals surface area (Å²) < 4.78 is 37.3. The number of nitriles is 1. The van der Waals surface area contributed by atoms with Crippen LogP contribution in [0.1, 0.15) is 47.9 Å². The average molecular weight is 365 g/mol. The number of alkyl halides is 3. The maximum Gasteiger partial charge on any atom is 0.490 e. The normalized spacial score (nSPS) is 20.1. The van der Waals surface area contributed by atoms with Crippen LogP contribution in [-0.2, 0) is 4.79 Å². The monoisotopic (exact) mass is 365 g/mol. The molecule has 0 saturated heterocycles. The molecule has 2 aliphatic rings. The lowest BCUT2D eigenvalue weighted by molar-refractivity contribution is -0.192. The molecule has 2 unspecified atom stereocenters. The fraction of sp³-hybridized carbons (Fsp3) is 0.353. The molecule has 3 N–H and O–H groups in total. The second-order valence-corrected chi connectivity index (χ2v) is 6.14. The summed E-state index contributed by atoms with van der Waals surface area (Å²) in [7, 11) is 0. The first kappa shape index (κ1) is 17.8. The van der Waals surface area contributed by atoms with Crippen LogP contribution in [0.3, 0.4) is 0 Å². The van der Waals surface area contributed by atoms with Gasteiger partial charge in [-0.1, -0.05) is 0 Å². The zero-order chi connectivity index (χ0) is 19.1. The van der Waals surface area contributed by atoms with Crippen molar-refractivity contribution in [1.82, 2.24) is 4.98 Å². The highest BCUT2D eigenvalue weighted by Crippen LogP contribution is 2.56. The third kappa shape index (κ3) is 2.98. The van der Waals surface area contributed by atoms with Gasteiger partial charge in [0.15, 0.2) is 0 Å². The minimum atomic E-state index is -5.08.